The molecule has 0 aromatic carbocycles. The molecule has 0 aliphatic carbocycles. The zero-order valence-corrected chi connectivity index (χ0v) is 10.7. The van der Waals surface area contributed by atoms with Crippen LogP contribution in [0.4, 0.5) is 0 Å². The average molecular weight is 284 g/mol. The first-order valence-electron chi connectivity index (χ1n) is 6.07. The molecule has 2 aromatic heterocycles. The fraction of sp³-hybridized carbons (Fsp3) is 0.188. The van der Waals surface area contributed by atoms with Crippen LogP contribution in [-0.2, 0) is 4.79 Å². The Kier molecular flexibility index (Phi) is 6.07. The molecule has 0 bridgehead atoms. The molecule has 5 nitrogen and oxygen atoms in total. The van der Waals surface area contributed by atoms with Crippen LogP contribution in [0.2, 0.25) is 0 Å². The highest BCUT2D eigenvalue weighted by molar-refractivity contribution is 6.14. The van der Waals surface area contributed by atoms with Gasteiger partial charge in [-0.25, -0.2) is 0 Å². The van der Waals surface area contributed by atoms with Gasteiger partial charge >= 0.3 is 0 Å². The molecule has 5 heteroatoms. The fourth-order valence-corrected chi connectivity index (χ4v) is 1.66. The van der Waals surface area contributed by atoms with Crippen molar-refractivity contribution >= 4 is 17.3 Å². The van der Waals surface area contributed by atoms with Gasteiger partial charge in [0, 0.05) is 12.4 Å². The van der Waals surface area contributed by atoms with E-state index in [1.165, 1.54) is 24.5 Å². The van der Waals surface area contributed by atoms with Crippen LogP contribution in [0, 0.1) is 0 Å². The number of hydrogen-bond acceptors (Lipinski definition) is 5. The molecule has 2 rings (SSSR count). The molecule has 0 amide bonds. The first-order valence-corrected chi connectivity index (χ1v) is 6.07. The summed E-state index contributed by atoms with van der Waals surface area (Å²) in [5.74, 6) is -1.20. The monoisotopic (exact) mass is 284 g/mol. The number of aromatic nitrogens is 2. The van der Waals surface area contributed by atoms with Gasteiger partial charge < -0.3 is 0 Å². The second kappa shape index (κ2) is 7.79. The van der Waals surface area contributed by atoms with Gasteiger partial charge in [0.15, 0.2) is 11.6 Å². The summed E-state index contributed by atoms with van der Waals surface area (Å²) in [6.07, 6.45) is 2.32. The molecule has 0 fully saturated rings. The van der Waals surface area contributed by atoms with Gasteiger partial charge in [-0.3, -0.25) is 24.4 Å². The highest BCUT2D eigenvalue weighted by Gasteiger charge is 2.17. The Morgan fingerprint density at radius 1 is 0.762 bits per heavy atom. The second-order valence-corrected chi connectivity index (χ2v) is 4.17. The Labute approximate surface area is 123 Å². The second-order valence-electron chi connectivity index (χ2n) is 4.17. The van der Waals surface area contributed by atoms with Gasteiger partial charge in [0.2, 0.25) is 0 Å². The Bertz CT molecular complexity index is 569. The van der Waals surface area contributed by atoms with Gasteiger partial charge in [-0.15, -0.1) is 0 Å². The average Bonchev–Trinajstić information content (AvgIpc) is 2.49. The molecule has 2 aromatic rings. The number of rotatable bonds is 6. The molecular weight excluding hydrogens is 268 g/mol. The van der Waals surface area contributed by atoms with E-state index in [0.717, 1.165) is 0 Å². The summed E-state index contributed by atoms with van der Waals surface area (Å²) < 4.78 is 0. The van der Waals surface area contributed by atoms with Crippen molar-refractivity contribution in [2.24, 2.45) is 0 Å². The number of nitrogens with zero attached hydrogens (tertiary/aromatic N) is 2. The maximum atomic E-state index is 11.8. The summed E-state index contributed by atoms with van der Waals surface area (Å²) in [5, 5.41) is 0. The van der Waals surface area contributed by atoms with Crippen molar-refractivity contribution in [1.82, 2.24) is 9.97 Å². The summed E-state index contributed by atoms with van der Waals surface area (Å²) >= 11 is 0. The van der Waals surface area contributed by atoms with Crippen LogP contribution in [0.5, 0.6) is 0 Å². The number of Topliss-reactive ketones (excluding diaryl/α,β-unsaturated/α-hetero) is 3. The lowest BCUT2D eigenvalue weighted by Crippen LogP contribution is -2.14. The van der Waals surface area contributed by atoms with E-state index in [1.807, 2.05) is 0 Å². The third kappa shape index (κ3) is 4.72. The van der Waals surface area contributed by atoms with Crippen molar-refractivity contribution in [2.75, 3.05) is 0 Å². The van der Waals surface area contributed by atoms with Gasteiger partial charge in [-0.1, -0.05) is 19.6 Å². The lowest BCUT2D eigenvalue weighted by Gasteiger charge is -2.00. The van der Waals surface area contributed by atoms with Crippen molar-refractivity contribution in [1.29, 1.82) is 0 Å². The van der Waals surface area contributed by atoms with Gasteiger partial charge in [-0.2, -0.15) is 0 Å². The van der Waals surface area contributed by atoms with Crippen LogP contribution in [0.25, 0.3) is 0 Å². The van der Waals surface area contributed by atoms with E-state index in [2.05, 4.69) is 9.97 Å². The predicted octanol–water partition coefficient (Wildman–Crippen LogP) is 2.53. The Morgan fingerprint density at radius 3 is 1.52 bits per heavy atom. The van der Waals surface area contributed by atoms with Gasteiger partial charge in [0.05, 0.1) is 12.8 Å². The molecule has 0 N–H and O–H groups in total. The minimum atomic E-state index is -0.434. The molecular formula is C16H16N2O3. The van der Waals surface area contributed by atoms with Gasteiger partial charge in [0.1, 0.15) is 17.2 Å². The van der Waals surface area contributed by atoms with Crippen LogP contribution in [0.15, 0.2) is 48.8 Å². The van der Waals surface area contributed by atoms with E-state index in [9.17, 15) is 14.4 Å². The number of ketones is 3. The van der Waals surface area contributed by atoms with Crippen molar-refractivity contribution in [2.45, 2.75) is 20.3 Å². The van der Waals surface area contributed by atoms with Gasteiger partial charge in [0.25, 0.3) is 0 Å². The van der Waals surface area contributed by atoms with Crippen molar-refractivity contribution in [3.05, 3.63) is 60.2 Å². The molecule has 0 radical (unpaired) electrons. The highest BCUT2D eigenvalue weighted by atomic mass is 16.2. The van der Waals surface area contributed by atoms with Crippen molar-refractivity contribution in [3.63, 3.8) is 0 Å². The Morgan fingerprint density at radius 2 is 1.19 bits per heavy atom. The van der Waals surface area contributed by atoms with Crippen LogP contribution in [0.1, 0.15) is 41.2 Å². The molecule has 0 spiro atoms. The van der Waals surface area contributed by atoms with E-state index in [4.69, 9.17) is 0 Å². The van der Waals surface area contributed by atoms with Gasteiger partial charge in [-0.05, 0) is 24.3 Å². The van der Waals surface area contributed by atoms with Crippen molar-refractivity contribution < 1.29 is 14.4 Å². The summed E-state index contributed by atoms with van der Waals surface area (Å²) in [7, 11) is 0. The number of pyridine rings is 2. The first-order chi connectivity index (χ1) is 9.66. The molecule has 21 heavy (non-hydrogen) atoms. The normalized spacial score (nSPS) is 9.52. The highest BCUT2D eigenvalue weighted by Crippen LogP contribution is 2.05. The lowest BCUT2D eigenvalue weighted by molar-refractivity contribution is -0.117. The van der Waals surface area contributed by atoms with E-state index in [-0.39, 0.29) is 43.2 Å². The van der Waals surface area contributed by atoms with Crippen molar-refractivity contribution in [3.8, 4) is 0 Å². The quantitative estimate of drug-likeness (QED) is 0.601. The van der Waals surface area contributed by atoms with Crippen LogP contribution in [-0.4, -0.2) is 27.3 Å². The maximum Gasteiger partial charge on any atom is 0.188 e. The largest absolute Gasteiger partial charge is 0.299 e. The molecule has 0 aliphatic heterocycles. The smallest absolute Gasteiger partial charge is 0.188 e. The maximum absolute atomic E-state index is 11.8. The fourth-order valence-electron chi connectivity index (χ4n) is 1.66. The standard InChI is InChI=1S/C15H12N2O3.CH4/c18-11(9-14(19)12-5-1-3-7-16-12)10-15(20)13-6-2-4-8-17-13;/h1-8H,9-10H2;1H4. The minimum Gasteiger partial charge on any atom is -0.299 e. The van der Waals surface area contributed by atoms with E-state index in [0.29, 0.717) is 0 Å². The zero-order valence-electron chi connectivity index (χ0n) is 10.7. The number of hydrogen-bond donors (Lipinski definition) is 0. The lowest BCUT2D eigenvalue weighted by atomic mass is 10.1. The summed E-state index contributed by atoms with van der Waals surface area (Å²) in [6, 6.07) is 9.78. The molecule has 0 saturated heterocycles. The zero-order chi connectivity index (χ0) is 14.4. The summed E-state index contributed by atoms with van der Waals surface area (Å²) in [5.41, 5.74) is 0.456. The number of carbonyl (C=O) groups excluding carboxylic acids is 3. The SMILES string of the molecule is C.O=C(CC(=O)c1ccccn1)CC(=O)c1ccccn1. The topological polar surface area (TPSA) is 77.0 Å². The Balaban J connectivity index is 0.00000220. The van der Waals surface area contributed by atoms with Crippen LogP contribution in [0.3, 0.4) is 0 Å². The molecule has 2 heterocycles. The summed E-state index contributed by atoms with van der Waals surface area (Å²) in [4.78, 5) is 43.0. The van der Waals surface area contributed by atoms with E-state index in [1.54, 1.807) is 24.3 Å². The molecule has 0 saturated carbocycles. The third-order valence-electron chi connectivity index (χ3n) is 2.62. The molecule has 0 aliphatic rings. The predicted molar refractivity (Wildman–Crippen MR) is 78.1 cm³/mol. The molecule has 0 unspecified atom stereocenters. The minimum absolute atomic E-state index is 0. The van der Waals surface area contributed by atoms with E-state index >= 15 is 0 Å². The Hall–Kier alpha value is -2.69. The van der Waals surface area contributed by atoms with Crippen LogP contribution >= 0.6 is 0 Å². The molecule has 108 valence electrons. The first kappa shape index (κ1) is 16.4. The van der Waals surface area contributed by atoms with Crippen LogP contribution < -0.4 is 0 Å². The number of carbonyl (C=O) groups is 3. The third-order valence-corrected chi connectivity index (χ3v) is 2.62. The summed E-state index contributed by atoms with van der Waals surface area (Å²) in [6.45, 7) is 0. The molecule has 0 atom stereocenters. The van der Waals surface area contributed by atoms with E-state index < -0.39 is 5.78 Å².